The predicted molar refractivity (Wildman–Crippen MR) is 112 cm³/mol. The molecule has 30 heavy (non-hydrogen) atoms. The van der Waals surface area contributed by atoms with Crippen LogP contribution in [0.2, 0.25) is 5.02 Å². The molecule has 0 saturated carbocycles. The maximum Gasteiger partial charge on any atom is 0.270 e. The first kappa shape index (κ1) is 20.8. The van der Waals surface area contributed by atoms with Gasteiger partial charge < -0.3 is 9.73 Å². The molecule has 1 amide bonds. The fraction of sp³-hybridized carbons (Fsp3) is 0.0909. The van der Waals surface area contributed by atoms with Gasteiger partial charge in [0, 0.05) is 23.8 Å². The molecule has 1 aromatic heterocycles. The van der Waals surface area contributed by atoms with Crippen molar-refractivity contribution in [3.63, 3.8) is 0 Å². The number of rotatable bonds is 6. The Labute approximate surface area is 177 Å². The Bertz CT molecular complexity index is 1160. The van der Waals surface area contributed by atoms with Crippen LogP contribution in [0.1, 0.15) is 24.3 Å². The number of nitro benzene ring substituents is 1. The van der Waals surface area contributed by atoms with Crippen LogP contribution < -0.4 is 5.32 Å². The number of hydrogen-bond acceptors (Lipinski definition) is 5. The van der Waals surface area contributed by atoms with Gasteiger partial charge in [-0.3, -0.25) is 14.9 Å². The third-order valence-electron chi connectivity index (χ3n) is 4.35. The van der Waals surface area contributed by atoms with E-state index in [4.69, 9.17) is 16.0 Å². The topological polar surface area (TPSA) is 109 Å². The Morgan fingerprint density at radius 1 is 1.23 bits per heavy atom. The van der Waals surface area contributed by atoms with E-state index in [9.17, 15) is 20.2 Å². The van der Waals surface area contributed by atoms with Crippen molar-refractivity contribution in [2.45, 2.75) is 13.0 Å². The molecule has 0 spiro atoms. The number of hydrogen-bond donors (Lipinski definition) is 1. The average molecular weight is 422 g/mol. The first-order chi connectivity index (χ1) is 14.4. The van der Waals surface area contributed by atoms with Gasteiger partial charge in [-0.15, -0.1) is 0 Å². The lowest BCUT2D eigenvalue weighted by molar-refractivity contribution is -0.384. The van der Waals surface area contributed by atoms with Crippen molar-refractivity contribution >= 4 is 29.3 Å². The van der Waals surface area contributed by atoms with Gasteiger partial charge >= 0.3 is 0 Å². The number of halogens is 1. The van der Waals surface area contributed by atoms with E-state index in [-0.39, 0.29) is 28.1 Å². The van der Waals surface area contributed by atoms with Crippen LogP contribution in [0, 0.1) is 21.4 Å². The molecule has 3 rings (SSSR count). The smallest absolute Gasteiger partial charge is 0.270 e. The number of benzene rings is 2. The van der Waals surface area contributed by atoms with E-state index in [0.717, 1.165) is 5.56 Å². The van der Waals surface area contributed by atoms with Crippen LogP contribution in [0.15, 0.2) is 70.7 Å². The summed E-state index contributed by atoms with van der Waals surface area (Å²) in [5.74, 6) is 0.107. The molecule has 0 saturated heterocycles. The Morgan fingerprint density at radius 3 is 2.60 bits per heavy atom. The minimum atomic E-state index is -0.541. The maximum atomic E-state index is 12.5. The standard InChI is InChI=1S/C22H16ClN3O4/c1-14(15-5-3-2-4-6-15)25-22(27)16(13-24)11-18-8-10-21(30-18)19-9-7-17(26(28)29)12-20(19)23/h2-12,14H,1H3,(H,25,27)/b16-11+. The van der Waals surface area contributed by atoms with Crippen LogP contribution in [-0.4, -0.2) is 10.8 Å². The summed E-state index contributed by atoms with van der Waals surface area (Å²) in [6, 6.07) is 18.2. The molecule has 0 bridgehead atoms. The Balaban J connectivity index is 1.79. The molecule has 0 radical (unpaired) electrons. The summed E-state index contributed by atoms with van der Waals surface area (Å²) in [6.07, 6.45) is 1.33. The minimum Gasteiger partial charge on any atom is -0.457 e. The second-order valence-electron chi connectivity index (χ2n) is 6.40. The van der Waals surface area contributed by atoms with E-state index in [2.05, 4.69) is 5.32 Å². The third-order valence-corrected chi connectivity index (χ3v) is 4.67. The van der Waals surface area contributed by atoms with Gasteiger partial charge in [0.15, 0.2) is 0 Å². The minimum absolute atomic E-state index is 0.117. The summed E-state index contributed by atoms with van der Waals surface area (Å²) in [6.45, 7) is 1.82. The number of nitrogens with one attached hydrogen (secondary N) is 1. The van der Waals surface area contributed by atoms with Crippen LogP contribution in [0.4, 0.5) is 5.69 Å². The van der Waals surface area contributed by atoms with E-state index in [1.165, 1.54) is 24.3 Å². The molecule has 0 aliphatic carbocycles. The molecule has 0 fully saturated rings. The molecule has 1 N–H and O–H groups in total. The second-order valence-corrected chi connectivity index (χ2v) is 6.81. The highest BCUT2D eigenvalue weighted by Crippen LogP contribution is 2.32. The lowest BCUT2D eigenvalue weighted by Crippen LogP contribution is -2.27. The number of amides is 1. The van der Waals surface area contributed by atoms with Gasteiger partial charge in [-0.2, -0.15) is 5.26 Å². The molecule has 0 aliphatic heterocycles. The van der Waals surface area contributed by atoms with E-state index in [1.807, 2.05) is 43.3 Å². The quantitative estimate of drug-likeness (QED) is 0.251. The highest BCUT2D eigenvalue weighted by molar-refractivity contribution is 6.33. The summed E-state index contributed by atoms with van der Waals surface area (Å²) < 4.78 is 5.66. The number of furan rings is 1. The Morgan fingerprint density at radius 2 is 1.97 bits per heavy atom. The SMILES string of the molecule is CC(NC(=O)/C(C#N)=C/c1ccc(-c2ccc([N+](=O)[O-])cc2Cl)o1)c1ccccc1. The van der Waals surface area contributed by atoms with Gasteiger partial charge in [-0.1, -0.05) is 41.9 Å². The zero-order valence-electron chi connectivity index (χ0n) is 15.8. The summed E-state index contributed by atoms with van der Waals surface area (Å²) in [5.41, 5.74) is 1.12. The van der Waals surface area contributed by atoms with Crippen molar-refractivity contribution < 1.29 is 14.1 Å². The first-order valence-corrected chi connectivity index (χ1v) is 9.28. The molecule has 1 unspecified atom stereocenters. The van der Waals surface area contributed by atoms with Crippen molar-refractivity contribution in [3.8, 4) is 17.4 Å². The van der Waals surface area contributed by atoms with Gasteiger partial charge in [0.05, 0.1) is 16.0 Å². The van der Waals surface area contributed by atoms with Crippen molar-refractivity contribution in [3.05, 3.63) is 92.7 Å². The summed E-state index contributed by atoms with van der Waals surface area (Å²) >= 11 is 6.12. The molecule has 7 nitrogen and oxygen atoms in total. The molecule has 150 valence electrons. The number of carbonyl (C=O) groups excluding carboxylic acids is 1. The number of non-ortho nitro benzene ring substituents is 1. The monoisotopic (exact) mass is 421 g/mol. The predicted octanol–water partition coefficient (Wildman–Crippen LogP) is 5.29. The fourth-order valence-corrected chi connectivity index (χ4v) is 3.05. The lowest BCUT2D eigenvalue weighted by Gasteiger charge is -2.13. The maximum absolute atomic E-state index is 12.5. The zero-order valence-corrected chi connectivity index (χ0v) is 16.6. The van der Waals surface area contributed by atoms with Crippen molar-refractivity contribution in [2.75, 3.05) is 0 Å². The lowest BCUT2D eigenvalue weighted by atomic mass is 10.1. The van der Waals surface area contributed by atoms with Crippen LogP contribution >= 0.6 is 11.6 Å². The second kappa shape index (κ2) is 9.07. The van der Waals surface area contributed by atoms with Gasteiger partial charge in [0.2, 0.25) is 0 Å². The van der Waals surface area contributed by atoms with E-state index >= 15 is 0 Å². The number of nitrogens with zero attached hydrogens (tertiary/aromatic N) is 2. The number of nitriles is 1. The molecule has 0 aliphatic rings. The largest absolute Gasteiger partial charge is 0.457 e. The van der Waals surface area contributed by atoms with E-state index in [0.29, 0.717) is 11.3 Å². The van der Waals surface area contributed by atoms with Crippen molar-refractivity contribution in [1.29, 1.82) is 5.26 Å². The van der Waals surface area contributed by atoms with Crippen molar-refractivity contribution in [2.24, 2.45) is 0 Å². The van der Waals surface area contributed by atoms with Crippen LogP contribution in [0.5, 0.6) is 0 Å². The highest BCUT2D eigenvalue weighted by Gasteiger charge is 2.16. The Kier molecular flexibility index (Phi) is 6.30. The third kappa shape index (κ3) is 4.74. The fourth-order valence-electron chi connectivity index (χ4n) is 2.78. The van der Waals surface area contributed by atoms with E-state index in [1.54, 1.807) is 12.1 Å². The molecule has 1 atom stereocenters. The summed E-state index contributed by atoms with van der Waals surface area (Å²) in [5, 5.41) is 23.2. The summed E-state index contributed by atoms with van der Waals surface area (Å²) in [4.78, 5) is 22.8. The van der Waals surface area contributed by atoms with Crippen LogP contribution in [0.3, 0.4) is 0 Å². The van der Waals surface area contributed by atoms with Crippen LogP contribution in [0.25, 0.3) is 17.4 Å². The summed E-state index contributed by atoms with van der Waals surface area (Å²) in [7, 11) is 0. The van der Waals surface area contributed by atoms with Crippen molar-refractivity contribution in [1.82, 2.24) is 5.32 Å². The normalized spacial score (nSPS) is 12.1. The number of carbonyl (C=O) groups is 1. The Hall–Kier alpha value is -3.89. The molecule has 8 heteroatoms. The van der Waals surface area contributed by atoms with Gasteiger partial charge in [0.25, 0.3) is 11.6 Å². The molecule has 3 aromatic rings. The zero-order chi connectivity index (χ0) is 21.7. The average Bonchev–Trinajstić information content (AvgIpc) is 3.20. The van der Waals surface area contributed by atoms with E-state index < -0.39 is 10.8 Å². The molecule has 1 heterocycles. The van der Waals surface area contributed by atoms with Gasteiger partial charge in [-0.05, 0) is 30.7 Å². The first-order valence-electron chi connectivity index (χ1n) is 8.91. The molecule has 2 aromatic carbocycles. The van der Waals surface area contributed by atoms with Crippen LogP contribution in [-0.2, 0) is 4.79 Å². The molecular formula is C22H16ClN3O4. The molecular weight excluding hydrogens is 406 g/mol. The number of nitro groups is 1. The van der Waals surface area contributed by atoms with Gasteiger partial charge in [-0.25, -0.2) is 0 Å². The highest BCUT2D eigenvalue weighted by atomic mass is 35.5. The van der Waals surface area contributed by atoms with Gasteiger partial charge in [0.1, 0.15) is 23.2 Å².